The van der Waals surface area contributed by atoms with Crippen molar-refractivity contribution in [2.75, 3.05) is 13.1 Å². The van der Waals surface area contributed by atoms with Crippen LogP contribution in [0, 0.1) is 12.8 Å². The zero-order valence-corrected chi connectivity index (χ0v) is 15.1. The van der Waals surface area contributed by atoms with Crippen LogP contribution in [0.5, 0.6) is 5.75 Å². The van der Waals surface area contributed by atoms with Gasteiger partial charge in [0.2, 0.25) is 0 Å². The Bertz CT molecular complexity index is 790. The largest absolute Gasteiger partial charge is 0.486 e. The minimum atomic E-state index is -0.853. The van der Waals surface area contributed by atoms with Crippen LogP contribution in [0.2, 0.25) is 5.02 Å². The number of ether oxygens (including phenoxy) is 1. The van der Waals surface area contributed by atoms with E-state index in [1.54, 1.807) is 36.1 Å². The van der Waals surface area contributed by atoms with Crippen LogP contribution >= 0.6 is 22.9 Å². The number of carboxylic acid groups (broad SMARTS) is 1. The number of aromatic nitrogens is 1. The molecule has 1 saturated heterocycles. The Morgan fingerprint density at radius 2 is 2.12 bits per heavy atom. The van der Waals surface area contributed by atoms with Crippen molar-refractivity contribution in [3.8, 4) is 5.75 Å². The smallest absolute Gasteiger partial charge is 0.308 e. The molecular formula is C17H17ClN2O4S. The topological polar surface area (TPSA) is 79.7 Å². The van der Waals surface area contributed by atoms with E-state index in [1.807, 2.05) is 0 Å². The van der Waals surface area contributed by atoms with Gasteiger partial charge in [-0.25, -0.2) is 4.98 Å². The van der Waals surface area contributed by atoms with Crippen LogP contribution in [0.15, 0.2) is 24.3 Å². The maximum atomic E-state index is 12.6. The van der Waals surface area contributed by atoms with Crippen molar-refractivity contribution in [3.05, 3.63) is 44.9 Å². The van der Waals surface area contributed by atoms with Gasteiger partial charge in [0.05, 0.1) is 11.6 Å². The van der Waals surface area contributed by atoms with Crippen LogP contribution in [0.1, 0.15) is 26.8 Å². The minimum Gasteiger partial charge on any atom is -0.486 e. The van der Waals surface area contributed by atoms with Gasteiger partial charge in [0.15, 0.2) is 0 Å². The second-order valence-electron chi connectivity index (χ2n) is 5.84. The van der Waals surface area contributed by atoms with Gasteiger partial charge in [-0.05, 0) is 37.6 Å². The fourth-order valence-corrected chi connectivity index (χ4v) is 3.75. The number of aliphatic carboxylic acids is 1. The van der Waals surface area contributed by atoms with Crippen LogP contribution in [0.3, 0.4) is 0 Å². The summed E-state index contributed by atoms with van der Waals surface area (Å²) in [6.45, 7) is 2.75. The molecule has 0 spiro atoms. The molecule has 2 aromatic rings. The Morgan fingerprint density at radius 1 is 1.40 bits per heavy atom. The molecule has 25 heavy (non-hydrogen) atoms. The van der Waals surface area contributed by atoms with E-state index in [-0.39, 0.29) is 19.1 Å². The third-order valence-corrected chi connectivity index (χ3v) is 5.41. The predicted octanol–water partition coefficient (Wildman–Crippen LogP) is 3.23. The molecule has 6 nitrogen and oxygen atoms in total. The highest BCUT2D eigenvalue weighted by Crippen LogP contribution is 2.25. The van der Waals surface area contributed by atoms with Gasteiger partial charge in [-0.15, -0.1) is 11.3 Å². The molecule has 1 aromatic heterocycles. The number of hydrogen-bond acceptors (Lipinski definition) is 5. The number of rotatable bonds is 5. The highest BCUT2D eigenvalue weighted by atomic mass is 35.5. The number of thiazole rings is 1. The maximum absolute atomic E-state index is 12.6. The minimum absolute atomic E-state index is 0.156. The highest BCUT2D eigenvalue weighted by Gasteiger charge is 2.32. The average Bonchev–Trinajstić information content (AvgIpc) is 3.21. The number of hydrogen-bond donors (Lipinski definition) is 1. The summed E-state index contributed by atoms with van der Waals surface area (Å²) < 4.78 is 5.66. The number of aryl methyl sites for hydroxylation is 1. The second kappa shape index (κ2) is 7.41. The molecule has 0 saturated carbocycles. The molecule has 8 heteroatoms. The molecule has 1 aliphatic heterocycles. The van der Waals surface area contributed by atoms with Crippen molar-refractivity contribution in [1.82, 2.24) is 9.88 Å². The molecule has 1 atom stereocenters. The molecule has 0 aliphatic carbocycles. The second-order valence-corrected chi connectivity index (χ2v) is 7.36. The molecule has 1 amide bonds. The quantitative estimate of drug-likeness (QED) is 0.861. The van der Waals surface area contributed by atoms with Crippen molar-refractivity contribution in [2.24, 2.45) is 5.92 Å². The van der Waals surface area contributed by atoms with Crippen LogP contribution in [0.25, 0.3) is 0 Å². The Balaban J connectivity index is 1.64. The first kappa shape index (κ1) is 17.7. The molecule has 0 bridgehead atoms. The number of carbonyl (C=O) groups excluding carboxylic acids is 1. The van der Waals surface area contributed by atoms with Gasteiger partial charge in [-0.2, -0.15) is 0 Å². The van der Waals surface area contributed by atoms with Crippen LogP contribution < -0.4 is 4.74 Å². The average molecular weight is 381 g/mol. The molecule has 132 valence electrons. The molecular weight excluding hydrogens is 364 g/mol. The van der Waals surface area contributed by atoms with Crippen LogP contribution in [0.4, 0.5) is 0 Å². The van der Waals surface area contributed by atoms with Gasteiger partial charge in [0.25, 0.3) is 5.91 Å². The Kier molecular flexibility index (Phi) is 5.24. The van der Waals surface area contributed by atoms with E-state index < -0.39 is 11.9 Å². The zero-order chi connectivity index (χ0) is 18.0. The molecule has 1 fully saturated rings. The van der Waals surface area contributed by atoms with Gasteiger partial charge in [-0.1, -0.05) is 11.6 Å². The van der Waals surface area contributed by atoms with Crippen molar-refractivity contribution in [3.63, 3.8) is 0 Å². The third-order valence-electron chi connectivity index (χ3n) is 4.04. The van der Waals surface area contributed by atoms with E-state index >= 15 is 0 Å². The first-order chi connectivity index (χ1) is 11.9. The lowest BCUT2D eigenvalue weighted by Gasteiger charge is -2.14. The fraction of sp³-hybridized carbons (Fsp3) is 0.353. The predicted molar refractivity (Wildman–Crippen MR) is 94.3 cm³/mol. The lowest BCUT2D eigenvalue weighted by Crippen LogP contribution is -2.29. The normalized spacial score (nSPS) is 16.9. The first-order valence-corrected chi connectivity index (χ1v) is 9.00. The molecule has 0 radical (unpaired) electrons. The summed E-state index contributed by atoms with van der Waals surface area (Å²) >= 11 is 7.12. The van der Waals surface area contributed by atoms with E-state index in [0.29, 0.717) is 39.3 Å². The Labute approximate surface area is 154 Å². The Hall–Kier alpha value is -2.12. The molecule has 1 aliphatic rings. The van der Waals surface area contributed by atoms with Gasteiger partial charge in [0, 0.05) is 18.1 Å². The summed E-state index contributed by atoms with van der Waals surface area (Å²) in [6, 6.07) is 7.02. The van der Waals surface area contributed by atoms with Gasteiger partial charge in [-0.3, -0.25) is 9.59 Å². The number of halogens is 1. The van der Waals surface area contributed by atoms with E-state index in [1.165, 1.54) is 11.3 Å². The van der Waals surface area contributed by atoms with Crippen molar-refractivity contribution < 1.29 is 19.4 Å². The summed E-state index contributed by atoms with van der Waals surface area (Å²) in [5.74, 6) is -0.816. The number of likely N-dealkylation sites (tertiary alicyclic amines) is 1. The monoisotopic (exact) mass is 380 g/mol. The fourth-order valence-electron chi connectivity index (χ4n) is 2.68. The van der Waals surface area contributed by atoms with Crippen LogP contribution in [-0.4, -0.2) is 40.0 Å². The summed E-state index contributed by atoms with van der Waals surface area (Å²) in [5.41, 5.74) is 0.642. The van der Waals surface area contributed by atoms with Gasteiger partial charge >= 0.3 is 5.97 Å². The van der Waals surface area contributed by atoms with Crippen molar-refractivity contribution in [2.45, 2.75) is 20.0 Å². The lowest BCUT2D eigenvalue weighted by atomic mass is 10.1. The standard InChI is InChI=1S/C17H17ClN2O4S/c1-10-15(16(21)20-7-6-11(8-20)17(22)23)25-14(19-10)9-24-13-4-2-12(18)3-5-13/h2-5,11H,6-9H2,1H3,(H,22,23). The summed E-state index contributed by atoms with van der Waals surface area (Å²) in [6.07, 6.45) is 0.492. The molecule has 1 N–H and O–H groups in total. The molecule has 2 heterocycles. The molecule has 1 unspecified atom stereocenters. The number of nitrogens with zero attached hydrogens (tertiary/aromatic N) is 2. The van der Waals surface area contributed by atoms with Gasteiger partial charge in [0.1, 0.15) is 22.2 Å². The highest BCUT2D eigenvalue weighted by molar-refractivity contribution is 7.13. The number of benzene rings is 1. The van der Waals surface area contributed by atoms with Crippen molar-refractivity contribution >= 4 is 34.8 Å². The number of amides is 1. The Morgan fingerprint density at radius 3 is 2.76 bits per heavy atom. The van der Waals surface area contributed by atoms with Gasteiger partial charge < -0.3 is 14.7 Å². The SMILES string of the molecule is Cc1nc(COc2ccc(Cl)cc2)sc1C(=O)N1CCC(C(=O)O)C1. The summed E-state index contributed by atoms with van der Waals surface area (Å²) in [5, 5.41) is 10.4. The maximum Gasteiger partial charge on any atom is 0.308 e. The van der Waals surface area contributed by atoms with E-state index in [4.69, 9.17) is 21.4 Å². The third kappa shape index (κ3) is 4.11. The summed E-state index contributed by atoms with van der Waals surface area (Å²) in [4.78, 5) is 30.2. The lowest BCUT2D eigenvalue weighted by molar-refractivity contribution is -0.141. The zero-order valence-electron chi connectivity index (χ0n) is 13.6. The summed E-state index contributed by atoms with van der Waals surface area (Å²) in [7, 11) is 0. The number of carboxylic acids is 1. The van der Waals surface area contributed by atoms with Crippen molar-refractivity contribution in [1.29, 1.82) is 0 Å². The van der Waals surface area contributed by atoms with Crippen LogP contribution in [-0.2, 0) is 11.4 Å². The van der Waals surface area contributed by atoms with E-state index in [2.05, 4.69) is 4.98 Å². The van der Waals surface area contributed by atoms with E-state index in [0.717, 1.165) is 0 Å². The first-order valence-electron chi connectivity index (χ1n) is 7.81. The number of carbonyl (C=O) groups is 2. The molecule has 1 aromatic carbocycles. The molecule has 3 rings (SSSR count). The van der Waals surface area contributed by atoms with E-state index in [9.17, 15) is 9.59 Å².